The average molecular weight is 553 g/mol. The number of hydrogen-bond acceptors (Lipinski definition) is 8. The molecule has 0 radical (unpaired) electrons. The highest BCUT2D eigenvalue weighted by molar-refractivity contribution is 5.90. The van der Waals surface area contributed by atoms with Gasteiger partial charge >= 0.3 is 6.36 Å². The molecule has 4 aromatic rings. The second-order valence-corrected chi connectivity index (χ2v) is 9.37. The van der Waals surface area contributed by atoms with Crippen LogP contribution in [-0.2, 0) is 4.79 Å². The van der Waals surface area contributed by atoms with Crippen molar-refractivity contribution in [1.82, 2.24) is 24.7 Å². The fourth-order valence-corrected chi connectivity index (χ4v) is 4.60. The van der Waals surface area contributed by atoms with E-state index in [4.69, 9.17) is 0 Å². The number of aromatic nitrogens is 5. The maximum atomic E-state index is 12.6. The summed E-state index contributed by atoms with van der Waals surface area (Å²) in [6.07, 6.45) is 0.115. The lowest BCUT2D eigenvalue weighted by Crippen LogP contribution is -2.36. The van der Waals surface area contributed by atoms with Crippen LogP contribution < -0.4 is 20.3 Å². The minimum Gasteiger partial charge on any atom is -0.406 e. The Morgan fingerprint density at radius 3 is 2.55 bits per heavy atom. The van der Waals surface area contributed by atoms with Crippen LogP contribution in [0.4, 0.5) is 36.4 Å². The molecule has 208 valence electrons. The van der Waals surface area contributed by atoms with E-state index in [0.29, 0.717) is 41.9 Å². The average Bonchev–Trinajstić information content (AvgIpc) is 3.41. The number of nitrogens with zero attached hydrogens (tertiary/aromatic N) is 6. The van der Waals surface area contributed by atoms with Crippen molar-refractivity contribution < 1.29 is 22.7 Å². The molecule has 3 heterocycles. The summed E-state index contributed by atoms with van der Waals surface area (Å²) in [5.41, 5.74) is 3.45. The monoisotopic (exact) mass is 552 g/mol. The van der Waals surface area contributed by atoms with Gasteiger partial charge in [0.1, 0.15) is 12.1 Å². The minimum absolute atomic E-state index is 0.123. The van der Waals surface area contributed by atoms with Gasteiger partial charge in [0.05, 0.1) is 11.7 Å². The summed E-state index contributed by atoms with van der Waals surface area (Å²) in [7, 11) is 0. The molecule has 1 saturated heterocycles. The first-order valence-electron chi connectivity index (χ1n) is 12.6. The molecule has 0 saturated carbocycles. The van der Waals surface area contributed by atoms with Crippen LogP contribution in [0, 0.1) is 6.92 Å². The van der Waals surface area contributed by atoms with E-state index in [1.54, 1.807) is 12.1 Å². The van der Waals surface area contributed by atoms with Crippen LogP contribution in [0.1, 0.15) is 31.4 Å². The number of halogens is 3. The second kappa shape index (κ2) is 11.2. The quantitative estimate of drug-likeness (QED) is 0.310. The molecule has 1 aliphatic heterocycles. The van der Waals surface area contributed by atoms with Crippen LogP contribution in [0.2, 0.25) is 0 Å². The highest BCUT2D eigenvalue weighted by Crippen LogP contribution is 2.30. The van der Waals surface area contributed by atoms with Gasteiger partial charge in [0.25, 0.3) is 0 Å². The van der Waals surface area contributed by atoms with E-state index in [1.165, 1.54) is 31.5 Å². The number of nitrogens with one attached hydrogen (secondary N) is 2. The summed E-state index contributed by atoms with van der Waals surface area (Å²) in [6, 6.07) is 13.2. The van der Waals surface area contributed by atoms with Gasteiger partial charge in [0, 0.05) is 43.1 Å². The summed E-state index contributed by atoms with van der Waals surface area (Å²) < 4.78 is 43.7. The van der Waals surface area contributed by atoms with Crippen LogP contribution in [0.25, 0.3) is 11.3 Å². The molecule has 10 nitrogen and oxygen atoms in total. The number of rotatable bonds is 7. The predicted molar refractivity (Wildman–Crippen MR) is 143 cm³/mol. The number of carbonyl (C=O) groups excluding carboxylic acids is 1. The number of alkyl halides is 3. The zero-order valence-corrected chi connectivity index (χ0v) is 21.8. The lowest BCUT2D eigenvalue weighted by molar-refractivity contribution is -0.274. The van der Waals surface area contributed by atoms with E-state index in [0.717, 1.165) is 24.1 Å². The zero-order chi connectivity index (χ0) is 28.3. The third kappa shape index (κ3) is 6.47. The van der Waals surface area contributed by atoms with Gasteiger partial charge in [0.2, 0.25) is 17.8 Å². The Labute approximate surface area is 228 Å². The molecule has 1 fully saturated rings. The summed E-state index contributed by atoms with van der Waals surface area (Å²) in [5, 5.41) is 10.6. The topological polar surface area (TPSA) is 110 Å². The Balaban J connectivity index is 1.22. The standard InChI is InChI=1S/C27H27F3N8O2/c1-17-22(33-18(2)39)7-4-8-23(17)34-25-31-16-32-26(35-25)37-12-9-20(10-13-37)38-14-11-24(36-38)19-5-3-6-21(15-19)40-27(28,29)30/h3-8,11,14-16,20H,9-10,12-13H2,1-2H3,(H,33,39)(H,31,32,34,35). The fourth-order valence-electron chi connectivity index (χ4n) is 4.60. The molecule has 13 heteroatoms. The number of amides is 1. The number of ether oxygens (including phenoxy) is 1. The summed E-state index contributed by atoms with van der Waals surface area (Å²) in [6.45, 7) is 4.74. The van der Waals surface area contributed by atoms with Gasteiger partial charge in [-0.25, -0.2) is 9.97 Å². The predicted octanol–water partition coefficient (Wildman–Crippen LogP) is 5.49. The van der Waals surface area contributed by atoms with E-state index >= 15 is 0 Å². The van der Waals surface area contributed by atoms with Crippen molar-refractivity contribution in [1.29, 1.82) is 0 Å². The summed E-state index contributed by atoms with van der Waals surface area (Å²) in [4.78, 5) is 26.7. The molecule has 0 unspecified atom stereocenters. The van der Waals surface area contributed by atoms with Crippen LogP contribution >= 0.6 is 0 Å². The maximum Gasteiger partial charge on any atom is 0.573 e. The Hall–Kier alpha value is -4.68. The van der Waals surface area contributed by atoms with Crippen molar-refractivity contribution in [3.05, 3.63) is 66.6 Å². The summed E-state index contributed by atoms with van der Waals surface area (Å²) >= 11 is 0. The molecule has 5 rings (SSSR count). The molecular weight excluding hydrogens is 525 g/mol. The summed E-state index contributed by atoms with van der Waals surface area (Å²) in [5.74, 6) is 0.509. The number of benzene rings is 2. The lowest BCUT2D eigenvalue weighted by Gasteiger charge is -2.32. The van der Waals surface area contributed by atoms with Crippen LogP contribution in [-0.4, -0.2) is 50.1 Å². The van der Waals surface area contributed by atoms with Gasteiger partial charge in [-0.15, -0.1) is 13.2 Å². The number of carbonyl (C=O) groups is 1. The Morgan fingerprint density at radius 1 is 1.05 bits per heavy atom. The van der Waals surface area contributed by atoms with Crippen LogP contribution in [0.5, 0.6) is 5.75 Å². The SMILES string of the molecule is CC(=O)Nc1cccc(Nc2ncnc(N3CCC(n4ccc(-c5cccc(OC(F)(F)F)c5)n4)CC3)n2)c1C. The van der Waals surface area contributed by atoms with Gasteiger partial charge < -0.3 is 20.3 Å². The van der Waals surface area contributed by atoms with Gasteiger partial charge in [-0.05, 0) is 55.7 Å². The molecule has 0 aliphatic carbocycles. The third-order valence-corrected chi connectivity index (χ3v) is 6.54. The molecule has 1 amide bonds. The third-order valence-electron chi connectivity index (χ3n) is 6.54. The molecule has 2 aromatic carbocycles. The molecule has 2 aromatic heterocycles. The van der Waals surface area contributed by atoms with E-state index in [-0.39, 0.29) is 17.7 Å². The zero-order valence-electron chi connectivity index (χ0n) is 21.8. The van der Waals surface area contributed by atoms with E-state index < -0.39 is 6.36 Å². The molecule has 40 heavy (non-hydrogen) atoms. The van der Waals surface area contributed by atoms with E-state index in [1.807, 2.05) is 36.0 Å². The first-order valence-corrected chi connectivity index (χ1v) is 12.6. The molecule has 0 atom stereocenters. The smallest absolute Gasteiger partial charge is 0.406 e. The van der Waals surface area contributed by atoms with Crippen LogP contribution in [0.15, 0.2) is 61.1 Å². The Bertz CT molecular complexity index is 1500. The van der Waals surface area contributed by atoms with Crippen LogP contribution in [0.3, 0.4) is 0 Å². The molecule has 2 N–H and O–H groups in total. The van der Waals surface area contributed by atoms with E-state index in [2.05, 4.69) is 40.3 Å². The van der Waals surface area contributed by atoms with Gasteiger partial charge in [-0.1, -0.05) is 18.2 Å². The Morgan fingerprint density at radius 2 is 1.80 bits per heavy atom. The van der Waals surface area contributed by atoms with Crippen molar-refractivity contribution >= 4 is 29.2 Å². The molecular formula is C27H27F3N8O2. The molecule has 0 bridgehead atoms. The molecule has 1 aliphatic rings. The normalized spacial score (nSPS) is 14.2. The number of anilines is 4. The van der Waals surface area contributed by atoms with Crippen molar-refractivity contribution in [2.75, 3.05) is 28.6 Å². The van der Waals surface area contributed by atoms with E-state index in [9.17, 15) is 18.0 Å². The molecule has 0 spiro atoms. The fraction of sp³-hybridized carbons (Fsp3) is 0.296. The largest absolute Gasteiger partial charge is 0.573 e. The van der Waals surface area contributed by atoms with Crippen molar-refractivity contribution in [2.24, 2.45) is 0 Å². The second-order valence-electron chi connectivity index (χ2n) is 9.37. The van der Waals surface area contributed by atoms with Crippen molar-refractivity contribution in [3.8, 4) is 17.0 Å². The lowest BCUT2D eigenvalue weighted by atomic mass is 10.1. The van der Waals surface area contributed by atoms with Crippen molar-refractivity contribution in [3.63, 3.8) is 0 Å². The number of piperidine rings is 1. The minimum atomic E-state index is -4.75. The first-order chi connectivity index (χ1) is 19.1. The highest BCUT2D eigenvalue weighted by Gasteiger charge is 2.31. The number of hydrogen-bond donors (Lipinski definition) is 2. The van der Waals surface area contributed by atoms with Gasteiger partial charge in [-0.3, -0.25) is 9.48 Å². The van der Waals surface area contributed by atoms with Gasteiger partial charge in [-0.2, -0.15) is 10.1 Å². The maximum absolute atomic E-state index is 12.6. The van der Waals surface area contributed by atoms with Gasteiger partial charge in [0.15, 0.2) is 0 Å². The first kappa shape index (κ1) is 26.9. The highest BCUT2D eigenvalue weighted by atomic mass is 19.4. The Kier molecular flexibility index (Phi) is 7.54. The van der Waals surface area contributed by atoms with Crippen molar-refractivity contribution in [2.45, 2.75) is 39.1 Å².